The molecule has 0 atom stereocenters. The number of nitrogens with one attached hydrogen (secondary N) is 1. The smallest absolute Gasteiger partial charge is 0.121 e. The molecule has 2 aromatic rings. The molecular formula is C17H23N3O. The van der Waals surface area contributed by atoms with Crippen LogP contribution in [0.25, 0.3) is 10.9 Å². The fourth-order valence-corrected chi connectivity index (χ4v) is 3.01. The van der Waals surface area contributed by atoms with Crippen LogP contribution in [0, 0.1) is 0 Å². The molecule has 0 spiro atoms. The van der Waals surface area contributed by atoms with Gasteiger partial charge in [0.05, 0.1) is 18.3 Å². The number of aromatic nitrogens is 1. The topological polar surface area (TPSA) is 37.4 Å². The number of rotatable bonds is 4. The van der Waals surface area contributed by atoms with E-state index in [-0.39, 0.29) is 0 Å². The molecule has 1 aliphatic heterocycles. The van der Waals surface area contributed by atoms with Gasteiger partial charge in [0.2, 0.25) is 0 Å². The first-order valence-corrected chi connectivity index (χ1v) is 7.72. The summed E-state index contributed by atoms with van der Waals surface area (Å²) in [5.41, 5.74) is 2.11. The second-order valence-corrected chi connectivity index (χ2v) is 5.60. The molecule has 0 aliphatic carbocycles. The average molecular weight is 285 g/mol. The minimum absolute atomic E-state index is 0.519. The lowest BCUT2D eigenvalue weighted by Crippen LogP contribution is -2.38. The van der Waals surface area contributed by atoms with Crippen LogP contribution in [0.4, 0.5) is 5.69 Å². The quantitative estimate of drug-likeness (QED) is 0.936. The summed E-state index contributed by atoms with van der Waals surface area (Å²) in [5, 5.41) is 4.79. The summed E-state index contributed by atoms with van der Waals surface area (Å²) in [6.07, 6.45) is 4.21. The normalized spacial score (nSPS) is 17.0. The Labute approximate surface area is 126 Å². The number of nitrogens with zero attached hydrogens (tertiary/aromatic N) is 2. The molecule has 0 bridgehead atoms. The van der Waals surface area contributed by atoms with Crippen molar-refractivity contribution >= 4 is 16.6 Å². The standard InChI is InChI=1S/C17H23N3O/c1-3-20-9-6-14(7-10-20)19-16-12-15(21-2)11-13-5-4-8-18-17(13)16/h4-5,8,11-12,14,19H,3,6-7,9-10H2,1-2H3. The van der Waals surface area contributed by atoms with E-state index in [4.69, 9.17) is 4.74 Å². The molecule has 1 saturated heterocycles. The van der Waals surface area contributed by atoms with Crippen LogP contribution in [0.15, 0.2) is 30.5 Å². The summed E-state index contributed by atoms with van der Waals surface area (Å²) in [6, 6.07) is 8.65. The number of pyridine rings is 1. The van der Waals surface area contributed by atoms with Crippen molar-refractivity contribution in [3.63, 3.8) is 0 Å². The maximum absolute atomic E-state index is 5.41. The van der Waals surface area contributed by atoms with Gasteiger partial charge in [-0.25, -0.2) is 0 Å². The minimum atomic E-state index is 0.519. The van der Waals surface area contributed by atoms with Crippen molar-refractivity contribution in [2.24, 2.45) is 0 Å². The van der Waals surface area contributed by atoms with E-state index in [1.807, 2.05) is 18.3 Å². The van der Waals surface area contributed by atoms with E-state index in [1.54, 1.807) is 7.11 Å². The predicted octanol–water partition coefficient (Wildman–Crippen LogP) is 3.14. The van der Waals surface area contributed by atoms with Crippen molar-refractivity contribution in [3.05, 3.63) is 30.5 Å². The van der Waals surface area contributed by atoms with Crippen LogP contribution in [-0.2, 0) is 0 Å². The van der Waals surface area contributed by atoms with Crippen molar-refractivity contribution in [1.82, 2.24) is 9.88 Å². The zero-order chi connectivity index (χ0) is 14.7. The van der Waals surface area contributed by atoms with Gasteiger partial charge in [-0.15, -0.1) is 0 Å². The second kappa shape index (κ2) is 6.31. The van der Waals surface area contributed by atoms with E-state index in [9.17, 15) is 0 Å². The number of benzene rings is 1. The number of fused-ring (bicyclic) bond motifs is 1. The van der Waals surface area contributed by atoms with Gasteiger partial charge in [-0.1, -0.05) is 13.0 Å². The largest absolute Gasteiger partial charge is 0.497 e. The fourth-order valence-electron chi connectivity index (χ4n) is 3.01. The van der Waals surface area contributed by atoms with Crippen molar-refractivity contribution in [3.8, 4) is 5.75 Å². The van der Waals surface area contributed by atoms with Gasteiger partial charge < -0.3 is 15.0 Å². The van der Waals surface area contributed by atoms with Gasteiger partial charge in [-0.2, -0.15) is 0 Å². The van der Waals surface area contributed by atoms with Crippen LogP contribution in [0.3, 0.4) is 0 Å². The van der Waals surface area contributed by atoms with E-state index in [2.05, 4.69) is 34.3 Å². The lowest BCUT2D eigenvalue weighted by atomic mass is 10.0. The Morgan fingerprint density at radius 3 is 2.86 bits per heavy atom. The summed E-state index contributed by atoms with van der Waals surface area (Å²) >= 11 is 0. The van der Waals surface area contributed by atoms with Gasteiger partial charge in [0.15, 0.2) is 0 Å². The Morgan fingerprint density at radius 2 is 2.14 bits per heavy atom. The first-order chi connectivity index (χ1) is 10.3. The van der Waals surface area contributed by atoms with Crippen LogP contribution in [-0.4, -0.2) is 42.7 Å². The number of anilines is 1. The number of hydrogen-bond acceptors (Lipinski definition) is 4. The molecule has 0 amide bonds. The van der Waals surface area contributed by atoms with Crippen molar-refractivity contribution in [1.29, 1.82) is 0 Å². The lowest BCUT2D eigenvalue weighted by molar-refractivity contribution is 0.229. The van der Waals surface area contributed by atoms with Crippen LogP contribution in [0.5, 0.6) is 5.75 Å². The SMILES string of the molecule is CCN1CCC(Nc2cc(OC)cc3cccnc23)CC1. The Balaban J connectivity index is 1.83. The van der Waals surface area contributed by atoms with E-state index in [1.165, 1.54) is 25.9 Å². The van der Waals surface area contributed by atoms with Crippen molar-refractivity contribution in [2.45, 2.75) is 25.8 Å². The number of ether oxygens (including phenoxy) is 1. The van der Waals surface area contributed by atoms with Gasteiger partial charge in [-0.05, 0) is 31.5 Å². The van der Waals surface area contributed by atoms with Gasteiger partial charge in [0.25, 0.3) is 0 Å². The summed E-state index contributed by atoms with van der Waals surface area (Å²) in [5.74, 6) is 0.879. The van der Waals surface area contributed by atoms with Crippen LogP contribution >= 0.6 is 0 Å². The van der Waals surface area contributed by atoms with E-state index < -0.39 is 0 Å². The molecule has 0 unspecified atom stereocenters. The average Bonchev–Trinajstić information content (AvgIpc) is 2.55. The Bertz CT molecular complexity index is 606. The van der Waals surface area contributed by atoms with Gasteiger partial charge >= 0.3 is 0 Å². The highest BCUT2D eigenvalue weighted by Crippen LogP contribution is 2.29. The first kappa shape index (κ1) is 14.1. The molecule has 1 aliphatic rings. The predicted molar refractivity (Wildman–Crippen MR) is 87.1 cm³/mol. The molecule has 1 N–H and O–H groups in total. The van der Waals surface area contributed by atoms with Crippen molar-refractivity contribution in [2.75, 3.05) is 32.1 Å². The molecule has 4 nitrogen and oxygen atoms in total. The maximum atomic E-state index is 5.41. The molecule has 0 saturated carbocycles. The number of likely N-dealkylation sites (tertiary alicyclic amines) is 1. The molecule has 4 heteroatoms. The molecule has 3 rings (SSSR count). The Kier molecular flexibility index (Phi) is 4.25. The summed E-state index contributed by atoms with van der Waals surface area (Å²) in [6.45, 7) is 5.72. The third-order valence-electron chi connectivity index (χ3n) is 4.31. The number of piperidine rings is 1. The number of hydrogen-bond donors (Lipinski definition) is 1. The zero-order valence-electron chi connectivity index (χ0n) is 12.8. The zero-order valence-corrected chi connectivity index (χ0v) is 12.8. The second-order valence-electron chi connectivity index (χ2n) is 5.60. The van der Waals surface area contributed by atoms with E-state index in [0.717, 1.165) is 28.9 Å². The molecule has 1 aromatic carbocycles. The highest BCUT2D eigenvalue weighted by molar-refractivity contribution is 5.91. The molecule has 0 radical (unpaired) electrons. The number of methoxy groups -OCH3 is 1. The maximum Gasteiger partial charge on any atom is 0.121 e. The molecule has 112 valence electrons. The summed E-state index contributed by atoms with van der Waals surface area (Å²) in [7, 11) is 1.71. The Morgan fingerprint density at radius 1 is 1.33 bits per heavy atom. The lowest BCUT2D eigenvalue weighted by Gasteiger charge is -2.32. The highest BCUT2D eigenvalue weighted by atomic mass is 16.5. The summed E-state index contributed by atoms with van der Waals surface area (Å²) in [4.78, 5) is 7.02. The van der Waals surface area contributed by atoms with E-state index in [0.29, 0.717) is 6.04 Å². The molecule has 1 fully saturated rings. The van der Waals surface area contributed by atoms with Crippen LogP contribution < -0.4 is 10.1 Å². The highest BCUT2D eigenvalue weighted by Gasteiger charge is 2.19. The first-order valence-electron chi connectivity index (χ1n) is 7.72. The molecule has 2 heterocycles. The fraction of sp³-hybridized carbons (Fsp3) is 0.471. The van der Waals surface area contributed by atoms with Gasteiger partial charge in [-0.3, -0.25) is 4.98 Å². The minimum Gasteiger partial charge on any atom is -0.497 e. The van der Waals surface area contributed by atoms with Crippen LogP contribution in [0.2, 0.25) is 0 Å². The van der Waals surface area contributed by atoms with Gasteiger partial charge in [0.1, 0.15) is 5.75 Å². The van der Waals surface area contributed by atoms with E-state index >= 15 is 0 Å². The molecular weight excluding hydrogens is 262 g/mol. The van der Waals surface area contributed by atoms with Crippen molar-refractivity contribution < 1.29 is 4.74 Å². The molecule has 21 heavy (non-hydrogen) atoms. The molecule has 1 aromatic heterocycles. The summed E-state index contributed by atoms with van der Waals surface area (Å²) < 4.78 is 5.41. The third-order valence-corrected chi connectivity index (χ3v) is 4.31. The Hall–Kier alpha value is -1.81. The van der Waals surface area contributed by atoms with Crippen LogP contribution in [0.1, 0.15) is 19.8 Å². The third kappa shape index (κ3) is 3.10. The monoisotopic (exact) mass is 285 g/mol. The van der Waals surface area contributed by atoms with Gasteiger partial charge in [0, 0.05) is 36.8 Å².